The number of nitrogens with zero attached hydrogens (tertiary/aromatic N) is 5. The average molecular weight is 480 g/mol. The Kier molecular flexibility index (Phi) is 6.96. The molecule has 0 aliphatic heterocycles. The Labute approximate surface area is 201 Å². The Bertz CT molecular complexity index is 1340. The molecular formula is C25H23ClFN5O2. The van der Waals surface area contributed by atoms with E-state index in [2.05, 4.69) is 10.2 Å². The number of hydrogen-bond acceptors (Lipinski definition) is 5. The fourth-order valence-corrected chi connectivity index (χ4v) is 3.91. The van der Waals surface area contributed by atoms with Crippen molar-refractivity contribution in [3.05, 3.63) is 93.8 Å². The second-order valence-electron chi connectivity index (χ2n) is 7.81. The third kappa shape index (κ3) is 5.11. The fourth-order valence-electron chi connectivity index (χ4n) is 3.71. The number of aryl methyl sites for hydroxylation is 1. The number of ether oxygens (including phenoxy) is 2. The van der Waals surface area contributed by atoms with Crippen molar-refractivity contribution in [2.45, 2.75) is 26.1 Å². The summed E-state index contributed by atoms with van der Waals surface area (Å²) in [7, 11) is 3.39. The topological polar surface area (TPSA) is 77.9 Å². The van der Waals surface area contributed by atoms with E-state index in [1.54, 1.807) is 41.7 Å². The molecule has 0 amide bonds. The van der Waals surface area contributed by atoms with E-state index in [0.717, 1.165) is 22.7 Å². The Balaban J connectivity index is 1.62. The smallest absolute Gasteiger partial charge is 0.162 e. The highest BCUT2D eigenvalue weighted by molar-refractivity contribution is 6.29. The van der Waals surface area contributed by atoms with Gasteiger partial charge in [0.05, 0.1) is 31.2 Å². The summed E-state index contributed by atoms with van der Waals surface area (Å²) >= 11 is 6.26. The van der Waals surface area contributed by atoms with Crippen molar-refractivity contribution in [1.29, 1.82) is 5.26 Å². The fraction of sp³-hybridized carbons (Fsp3) is 0.240. The van der Waals surface area contributed by atoms with Crippen LogP contribution in [0.25, 0.3) is 5.69 Å². The molecule has 0 spiro atoms. The van der Waals surface area contributed by atoms with Crippen LogP contribution in [0.5, 0.6) is 5.75 Å². The van der Waals surface area contributed by atoms with E-state index >= 15 is 0 Å². The van der Waals surface area contributed by atoms with Gasteiger partial charge in [0.2, 0.25) is 0 Å². The Hall–Kier alpha value is -3.67. The molecule has 7 nitrogen and oxygen atoms in total. The summed E-state index contributed by atoms with van der Waals surface area (Å²) in [6.45, 7) is 2.21. The molecule has 2 heterocycles. The highest BCUT2D eigenvalue weighted by atomic mass is 35.5. The summed E-state index contributed by atoms with van der Waals surface area (Å²) in [6, 6.07) is 17.6. The number of methoxy groups -OCH3 is 1. The van der Waals surface area contributed by atoms with Gasteiger partial charge >= 0.3 is 0 Å². The zero-order valence-corrected chi connectivity index (χ0v) is 19.8. The molecule has 0 saturated carbocycles. The van der Waals surface area contributed by atoms with E-state index in [9.17, 15) is 4.39 Å². The lowest BCUT2D eigenvalue weighted by Crippen LogP contribution is -2.11. The van der Waals surface area contributed by atoms with Crippen LogP contribution in [0.4, 0.5) is 4.39 Å². The predicted molar refractivity (Wildman–Crippen MR) is 125 cm³/mol. The predicted octanol–water partition coefficient (Wildman–Crippen LogP) is 5.15. The summed E-state index contributed by atoms with van der Waals surface area (Å²) in [4.78, 5) is 0. The monoisotopic (exact) mass is 479 g/mol. The maximum Gasteiger partial charge on any atom is 0.162 e. The molecule has 0 aliphatic rings. The Morgan fingerprint density at radius 3 is 2.53 bits per heavy atom. The maximum absolute atomic E-state index is 14.2. The van der Waals surface area contributed by atoms with E-state index in [0.29, 0.717) is 35.1 Å². The molecule has 2 aromatic heterocycles. The SMILES string of the molecule is COc1ccc(CO[C@H](C)c2cc(F)ccc2-n2nc(Cl)cc2Cc2cc(C#N)nn2C)cc1. The quantitative estimate of drug-likeness (QED) is 0.349. The second-order valence-corrected chi connectivity index (χ2v) is 8.19. The molecule has 0 aliphatic carbocycles. The van der Waals surface area contributed by atoms with E-state index < -0.39 is 6.10 Å². The highest BCUT2D eigenvalue weighted by Gasteiger charge is 2.19. The van der Waals surface area contributed by atoms with Crippen molar-refractivity contribution >= 4 is 11.6 Å². The largest absolute Gasteiger partial charge is 0.497 e. The van der Waals surface area contributed by atoms with Gasteiger partial charge in [-0.3, -0.25) is 4.68 Å². The molecule has 0 N–H and O–H groups in total. The first kappa shape index (κ1) is 23.5. The van der Waals surface area contributed by atoms with Crippen LogP contribution in [-0.2, 0) is 24.8 Å². The van der Waals surface area contributed by atoms with Crippen LogP contribution in [0.2, 0.25) is 5.15 Å². The van der Waals surface area contributed by atoms with Crippen LogP contribution < -0.4 is 4.74 Å². The van der Waals surface area contributed by atoms with Crippen LogP contribution in [0.15, 0.2) is 54.6 Å². The molecule has 174 valence electrons. The van der Waals surface area contributed by atoms with Gasteiger partial charge in [0.1, 0.15) is 17.6 Å². The van der Waals surface area contributed by atoms with Crippen LogP contribution in [0.1, 0.15) is 41.2 Å². The molecule has 9 heteroatoms. The molecule has 34 heavy (non-hydrogen) atoms. The minimum Gasteiger partial charge on any atom is -0.497 e. The number of hydrogen-bond donors (Lipinski definition) is 0. The molecule has 4 rings (SSSR count). The van der Waals surface area contributed by atoms with Crippen LogP contribution >= 0.6 is 11.6 Å². The highest BCUT2D eigenvalue weighted by Crippen LogP contribution is 2.29. The van der Waals surface area contributed by atoms with E-state index in [1.807, 2.05) is 37.3 Å². The normalized spacial score (nSPS) is 11.9. The second kappa shape index (κ2) is 10.1. The number of nitriles is 1. The van der Waals surface area contributed by atoms with Crippen LogP contribution in [0.3, 0.4) is 0 Å². The molecule has 0 fully saturated rings. The third-order valence-corrected chi connectivity index (χ3v) is 5.71. The van der Waals surface area contributed by atoms with Crippen LogP contribution in [0, 0.1) is 17.1 Å². The standard InChI is InChI=1S/C25H23ClFN5O2/c1-16(34-15-17-4-7-22(33-3)8-5-17)23-10-18(27)6-9-24(23)32-21(13-25(26)30-32)12-20-11-19(14-28)29-31(20)2/h4-11,13,16H,12,15H2,1-3H3/t16-/m1/s1. The van der Waals surface area contributed by atoms with Crippen molar-refractivity contribution in [3.63, 3.8) is 0 Å². The number of aromatic nitrogens is 4. The van der Waals surface area contributed by atoms with Gasteiger partial charge in [-0.2, -0.15) is 15.5 Å². The molecule has 0 bridgehead atoms. The van der Waals surface area contributed by atoms with Crippen molar-refractivity contribution in [1.82, 2.24) is 19.6 Å². The van der Waals surface area contributed by atoms with Crippen molar-refractivity contribution < 1.29 is 13.9 Å². The van der Waals surface area contributed by atoms with Gasteiger partial charge in [0.15, 0.2) is 10.8 Å². The van der Waals surface area contributed by atoms with Crippen LogP contribution in [-0.4, -0.2) is 26.7 Å². The van der Waals surface area contributed by atoms with Gasteiger partial charge in [0, 0.05) is 24.7 Å². The maximum atomic E-state index is 14.2. The van der Waals surface area contributed by atoms with E-state index in [1.165, 1.54) is 12.1 Å². The van der Waals surface area contributed by atoms with Crippen molar-refractivity contribution in [3.8, 4) is 17.5 Å². The Morgan fingerprint density at radius 2 is 1.85 bits per heavy atom. The molecule has 0 radical (unpaired) electrons. The van der Waals surface area contributed by atoms with E-state index in [4.69, 9.17) is 26.3 Å². The lowest BCUT2D eigenvalue weighted by molar-refractivity contribution is 0.0522. The first-order chi connectivity index (χ1) is 16.4. The average Bonchev–Trinajstić information content (AvgIpc) is 3.39. The Morgan fingerprint density at radius 1 is 1.09 bits per heavy atom. The molecule has 0 unspecified atom stereocenters. The van der Waals surface area contributed by atoms with Crippen molar-refractivity contribution in [2.75, 3.05) is 7.11 Å². The minimum atomic E-state index is -0.425. The molecule has 0 saturated heterocycles. The summed E-state index contributed by atoms with van der Waals surface area (Å²) < 4.78 is 28.8. The lowest BCUT2D eigenvalue weighted by atomic mass is 10.1. The first-order valence-electron chi connectivity index (χ1n) is 10.6. The van der Waals surface area contributed by atoms with Gasteiger partial charge in [-0.1, -0.05) is 23.7 Å². The third-order valence-electron chi connectivity index (χ3n) is 5.52. The number of rotatable bonds is 8. The van der Waals surface area contributed by atoms with Crippen molar-refractivity contribution in [2.24, 2.45) is 7.05 Å². The van der Waals surface area contributed by atoms with Gasteiger partial charge in [-0.05, 0) is 55.0 Å². The van der Waals surface area contributed by atoms with Gasteiger partial charge in [-0.25, -0.2) is 9.07 Å². The summed E-state index contributed by atoms with van der Waals surface area (Å²) in [5.74, 6) is 0.395. The minimum absolute atomic E-state index is 0.305. The summed E-state index contributed by atoms with van der Waals surface area (Å²) in [6.07, 6.45) is 0.00789. The molecule has 4 aromatic rings. The van der Waals surface area contributed by atoms with Gasteiger partial charge < -0.3 is 9.47 Å². The molecular weight excluding hydrogens is 457 g/mol. The summed E-state index contributed by atoms with van der Waals surface area (Å²) in [5.41, 5.74) is 4.19. The zero-order chi connectivity index (χ0) is 24.2. The van der Waals surface area contributed by atoms with Gasteiger partial charge in [-0.15, -0.1) is 0 Å². The summed E-state index contributed by atoms with van der Waals surface area (Å²) in [5, 5.41) is 18.1. The number of halogens is 2. The molecule has 1 atom stereocenters. The first-order valence-corrected chi connectivity index (χ1v) is 11.0. The molecule has 2 aromatic carbocycles. The number of benzene rings is 2. The lowest BCUT2D eigenvalue weighted by Gasteiger charge is -2.19. The van der Waals surface area contributed by atoms with Gasteiger partial charge in [0.25, 0.3) is 0 Å². The zero-order valence-electron chi connectivity index (χ0n) is 19.0. The van der Waals surface area contributed by atoms with E-state index in [-0.39, 0.29) is 5.82 Å².